The number of carbonyl (C=O) groups excluding carboxylic acids is 1. The van der Waals surface area contributed by atoms with Crippen molar-refractivity contribution in [2.75, 3.05) is 26.0 Å². The molecule has 4 heteroatoms. The van der Waals surface area contributed by atoms with Crippen molar-refractivity contribution < 1.29 is 4.79 Å². The fourth-order valence-corrected chi connectivity index (χ4v) is 2.33. The topological polar surface area (TPSA) is 58.4 Å². The van der Waals surface area contributed by atoms with Crippen molar-refractivity contribution in [1.29, 1.82) is 0 Å². The van der Waals surface area contributed by atoms with Crippen molar-refractivity contribution in [3.8, 4) is 0 Å². The third kappa shape index (κ3) is 6.74. The van der Waals surface area contributed by atoms with E-state index >= 15 is 0 Å². The number of benzene rings is 1. The summed E-state index contributed by atoms with van der Waals surface area (Å²) in [6.45, 7) is 7.64. The Morgan fingerprint density at radius 3 is 2.24 bits per heavy atom. The van der Waals surface area contributed by atoms with Crippen molar-refractivity contribution in [1.82, 2.24) is 4.90 Å². The van der Waals surface area contributed by atoms with Gasteiger partial charge in [-0.3, -0.25) is 4.79 Å². The van der Waals surface area contributed by atoms with Gasteiger partial charge in [0.1, 0.15) is 0 Å². The lowest BCUT2D eigenvalue weighted by Gasteiger charge is -2.24. The summed E-state index contributed by atoms with van der Waals surface area (Å²) in [6.07, 6.45) is 0.786. The normalized spacial score (nSPS) is 13.3. The Morgan fingerprint density at radius 1 is 1.24 bits per heavy atom. The molecule has 0 saturated carbocycles. The number of carbonyl (C=O) groups is 1. The third-order valence-corrected chi connectivity index (χ3v) is 3.23. The van der Waals surface area contributed by atoms with Crippen LogP contribution >= 0.6 is 0 Å². The van der Waals surface area contributed by atoms with E-state index in [1.807, 2.05) is 38.4 Å². The van der Waals surface area contributed by atoms with E-state index < -0.39 is 0 Å². The molecule has 4 nitrogen and oxygen atoms in total. The summed E-state index contributed by atoms with van der Waals surface area (Å²) in [5.41, 5.74) is 7.89. The average molecular weight is 291 g/mol. The number of rotatable bonds is 6. The number of nitrogens with two attached hydrogens (primary N) is 1. The maximum absolute atomic E-state index is 12.3. The smallest absolute Gasteiger partial charge is 0.228 e. The van der Waals surface area contributed by atoms with E-state index in [4.69, 9.17) is 5.73 Å². The molecule has 1 aromatic carbocycles. The minimum atomic E-state index is -0.147. The number of anilines is 1. The van der Waals surface area contributed by atoms with Crippen molar-refractivity contribution in [2.45, 2.75) is 33.7 Å². The molecule has 0 bridgehead atoms. The second-order valence-electron chi connectivity index (χ2n) is 7.12. The first-order valence-corrected chi connectivity index (χ1v) is 7.46. The van der Waals surface area contributed by atoms with E-state index in [0.717, 1.165) is 18.7 Å². The van der Waals surface area contributed by atoms with E-state index in [1.54, 1.807) is 0 Å². The lowest BCUT2D eigenvalue weighted by atomic mass is 9.84. The predicted molar refractivity (Wildman–Crippen MR) is 89.1 cm³/mol. The van der Waals surface area contributed by atoms with E-state index in [2.05, 4.69) is 31.0 Å². The van der Waals surface area contributed by atoms with Gasteiger partial charge in [0, 0.05) is 18.8 Å². The second-order valence-corrected chi connectivity index (χ2v) is 7.12. The molecule has 1 rings (SSSR count). The number of nitrogens with zero attached hydrogens (tertiary/aromatic N) is 1. The molecule has 0 fully saturated rings. The second kappa shape index (κ2) is 7.57. The summed E-state index contributed by atoms with van der Waals surface area (Å²) >= 11 is 0. The molecule has 0 aliphatic heterocycles. The van der Waals surface area contributed by atoms with Gasteiger partial charge in [-0.1, -0.05) is 32.9 Å². The zero-order valence-electron chi connectivity index (χ0n) is 13.9. The fourth-order valence-electron chi connectivity index (χ4n) is 2.33. The highest BCUT2D eigenvalue weighted by atomic mass is 16.1. The van der Waals surface area contributed by atoms with E-state index in [1.165, 1.54) is 5.56 Å². The van der Waals surface area contributed by atoms with Gasteiger partial charge in [0.25, 0.3) is 0 Å². The van der Waals surface area contributed by atoms with Crippen LogP contribution in [0.5, 0.6) is 0 Å². The van der Waals surface area contributed by atoms with Crippen LogP contribution in [0.25, 0.3) is 0 Å². The summed E-state index contributed by atoms with van der Waals surface area (Å²) in [5, 5.41) is 2.96. The van der Waals surface area contributed by atoms with Gasteiger partial charge in [0.15, 0.2) is 0 Å². The summed E-state index contributed by atoms with van der Waals surface area (Å²) in [7, 11) is 4.07. The van der Waals surface area contributed by atoms with Crippen LogP contribution in [0.4, 0.5) is 5.69 Å². The van der Waals surface area contributed by atoms with Crippen LogP contribution in [0.2, 0.25) is 0 Å². The molecule has 0 saturated heterocycles. The zero-order valence-corrected chi connectivity index (χ0v) is 13.9. The van der Waals surface area contributed by atoms with Gasteiger partial charge < -0.3 is 16.0 Å². The summed E-state index contributed by atoms with van der Waals surface area (Å²) in [4.78, 5) is 14.4. The summed E-state index contributed by atoms with van der Waals surface area (Å²) in [5.74, 6) is -0.140. The molecule has 0 radical (unpaired) electrons. The van der Waals surface area contributed by atoms with Crippen molar-refractivity contribution in [2.24, 2.45) is 17.1 Å². The number of hydrogen-bond acceptors (Lipinski definition) is 3. The highest BCUT2D eigenvalue weighted by molar-refractivity contribution is 5.92. The molecular weight excluding hydrogens is 262 g/mol. The molecule has 0 spiro atoms. The number of amides is 1. The lowest BCUT2D eigenvalue weighted by Crippen LogP contribution is -2.32. The molecule has 21 heavy (non-hydrogen) atoms. The Labute approximate surface area is 128 Å². The molecule has 0 aromatic heterocycles. The Bertz CT molecular complexity index is 446. The first-order chi connectivity index (χ1) is 9.71. The maximum Gasteiger partial charge on any atom is 0.228 e. The highest BCUT2D eigenvalue weighted by Gasteiger charge is 2.23. The minimum absolute atomic E-state index is 0.00721. The molecule has 1 amide bonds. The Balaban J connectivity index is 2.64. The van der Waals surface area contributed by atoms with Gasteiger partial charge in [-0.2, -0.15) is 0 Å². The van der Waals surface area contributed by atoms with Gasteiger partial charge in [-0.05, 0) is 43.6 Å². The number of nitrogens with one attached hydrogen (secondary N) is 1. The van der Waals surface area contributed by atoms with Gasteiger partial charge >= 0.3 is 0 Å². The van der Waals surface area contributed by atoms with Gasteiger partial charge in [-0.15, -0.1) is 0 Å². The largest absolute Gasteiger partial charge is 0.330 e. The Morgan fingerprint density at radius 2 is 1.81 bits per heavy atom. The average Bonchev–Trinajstić information content (AvgIpc) is 2.36. The van der Waals surface area contributed by atoms with Crippen LogP contribution in [0, 0.1) is 11.3 Å². The molecule has 1 unspecified atom stereocenters. The van der Waals surface area contributed by atoms with Crippen LogP contribution in [0.3, 0.4) is 0 Å². The molecule has 0 heterocycles. The first kappa shape index (κ1) is 17.7. The molecule has 118 valence electrons. The van der Waals surface area contributed by atoms with Crippen LogP contribution < -0.4 is 11.1 Å². The molecule has 1 aromatic rings. The maximum atomic E-state index is 12.3. The Hall–Kier alpha value is -1.39. The van der Waals surface area contributed by atoms with Crippen molar-refractivity contribution in [3.05, 3.63) is 29.8 Å². The monoisotopic (exact) mass is 291 g/mol. The van der Waals surface area contributed by atoms with Crippen LogP contribution in [0.15, 0.2) is 24.3 Å². The molecule has 1 atom stereocenters. The first-order valence-electron chi connectivity index (χ1n) is 7.46. The molecule has 0 aliphatic rings. The van der Waals surface area contributed by atoms with Crippen molar-refractivity contribution in [3.63, 3.8) is 0 Å². The molecule has 0 aliphatic carbocycles. The van der Waals surface area contributed by atoms with Crippen LogP contribution in [-0.2, 0) is 11.3 Å². The van der Waals surface area contributed by atoms with Gasteiger partial charge in [0.05, 0.1) is 5.92 Å². The van der Waals surface area contributed by atoms with Crippen molar-refractivity contribution >= 4 is 11.6 Å². The Kier molecular flexibility index (Phi) is 6.37. The predicted octanol–water partition coefficient (Wildman–Crippen LogP) is 2.70. The SMILES string of the molecule is CN(C)Cc1ccc(NC(=O)C(CN)CC(C)(C)C)cc1. The third-order valence-electron chi connectivity index (χ3n) is 3.23. The zero-order chi connectivity index (χ0) is 16.0. The van der Waals surface area contributed by atoms with Gasteiger partial charge in [0.2, 0.25) is 5.91 Å². The van der Waals surface area contributed by atoms with Gasteiger partial charge in [-0.25, -0.2) is 0 Å². The summed E-state index contributed by atoms with van der Waals surface area (Å²) < 4.78 is 0. The molecule has 3 N–H and O–H groups in total. The highest BCUT2D eigenvalue weighted by Crippen LogP contribution is 2.25. The molecular formula is C17H29N3O. The standard InChI is InChI=1S/C17H29N3O/c1-17(2,3)10-14(11-18)16(21)19-15-8-6-13(7-9-15)12-20(4)5/h6-9,14H,10-12,18H2,1-5H3,(H,19,21). The minimum Gasteiger partial charge on any atom is -0.330 e. The number of hydrogen-bond donors (Lipinski definition) is 2. The quantitative estimate of drug-likeness (QED) is 0.847. The lowest BCUT2D eigenvalue weighted by molar-refractivity contribution is -0.120. The van der Waals surface area contributed by atoms with Crippen LogP contribution in [0.1, 0.15) is 32.8 Å². The summed E-state index contributed by atoms with van der Waals surface area (Å²) in [6, 6.07) is 7.97. The van der Waals surface area contributed by atoms with E-state index in [-0.39, 0.29) is 17.2 Å². The fraction of sp³-hybridized carbons (Fsp3) is 0.588. The van der Waals surface area contributed by atoms with E-state index in [9.17, 15) is 4.79 Å². The van der Waals surface area contributed by atoms with Crippen LogP contribution in [-0.4, -0.2) is 31.4 Å². The van der Waals surface area contributed by atoms with E-state index in [0.29, 0.717) is 6.54 Å².